The van der Waals surface area contributed by atoms with Gasteiger partial charge in [0, 0.05) is 0 Å². The molecule has 30 heavy (non-hydrogen) atoms. The summed E-state index contributed by atoms with van der Waals surface area (Å²) in [6.07, 6.45) is 0. The van der Waals surface area contributed by atoms with Gasteiger partial charge >= 0.3 is 0 Å². The predicted molar refractivity (Wildman–Crippen MR) is 119 cm³/mol. The van der Waals surface area contributed by atoms with E-state index < -0.39 is 0 Å². The first-order valence-electron chi connectivity index (χ1n) is 9.48. The molecule has 0 fully saturated rings. The molecule has 5 nitrogen and oxygen atoms in total. The molecule has 0 amide bonds. The standard InChI is InChI=1S/C25H26O5/c1-16(18-11-12-21(27-2)20(26)13-18)24(17-9-7-6-8-10-17)19-14-22(28-3)25(30-5)23(15-19)29-4/h6-15,26H,1-5H3/b24-16+. The lowest BCUT2D eigenvalue weighted by Crippen LogP contribution is -1.99. The Hall–Kier alpha value is -3.60. The van der Waals surface area contributed by atoms with E-state index >= 15 is 0 Å². The molecule has 0 spiro atoms. The monoisotopic (exact) mass is 406 g/mol. The van der Waals surface area contributed by atoms with Crippen LogP contribution in [0.4, 0.5) is 0 Å². The van der Waals surface area contributed by atoms with Crippen molar-refractivity contribution in [3.8, 4) is 28.7 Å². The highest BCUT2D eigenvalue weighted by atomic mass is 16.5. The lowest BCUT2D eigenvalue weighted by molar-refractivity contribution is 0.324. The minimum Gasteiger partial charge on any atom is -0.504 e. The number of hydrogen-bond acceptors (Lipinski definition) is 5. The fraction of sp³-hybridized carbons (Fsp3) is 0.200. The van der Waals surface area contributed by atoms with Crippen molar-refractivity contribution in [3.05, 3.63) is 77.4 Å². The van der Waals surface area contributed by atoms with Crippen molar-refractivity contribution in [1.82, 2.24) is 0 Å². The van der Waals surface area contributed by atoms with Crippen LogP contribution in [0.3, 0.4) is 0 Å². The average Bonchev–Trinajstić information content (AvgIpc) is 2.79. The molecular formula is C25H26O5. The number of hydrogen-bond donors (Lipinski definition) is 1. The number of aromatic hydroxyl groups is 1. The zero-order valence-corrected chi connectivity index (χ0v) is 17.9. The highest BCUT2D eigenvalue weighted by Crippen LogP contribution is 2.43. The van der Waals surface area contributed by atoms with Gasteiger partial charge in [-0.15, -0.1) is 0 Å². The number of methoxy groups -OCH3 is 4. The number of benzene rings is 3. The third-order valence-corrected chi connectivity index (χ3v) is 5.00. The summed E-state index contributed by atoms with van der Waals surface area (Å²) in [6.45, 7) is 2.02. The summed E-state index contributed by atoms with van der Waals surface area (Å²) >= 11 is 0. The molecular weight excluding hydrogens is 380 g/mol. The molecule has 5 heteroatoms. The Morgan fingerprint density at radius 3 is 1.73 bits per heavy atom. The van der Waals surface area contributed by atoms with E-state index in [4.69, 9.17) is 18.9 Å². The highest BCUT2D eigenvalue weighted by molar-refractivity contribution is 5.98. The lowest BCUT2D eigenvalue weighted by Gasteiger charge is -2.18. The molecule has 156 valence electrons. The van der Waals surface area contributed by atoms with Crippen LogP contribution in [-0.2, 0) is 0 Å². The maximum absolute atomic E-state index is 10.3. The molecule has 0 atom stereocenters. The Bertz CT molecular complexity index is 1030. The second-order valence-electron chi connectivity index (χ2n) is 6.67. The fourth-order valence-corrected chi connectivity index (χ4v) is 3.50. The zero-order chi connectivity index (χ0) is 21.7. The van der Waals surface area contributed by atoms with Crippen molar-refractivity contribution in [1.29, 1.82) is 0 Å². The van der Waals surface area contributed by atoms with Crippen LogP contribution in [0.5, 0.6) is 28.7 Å². The summed E-state index contributed by atoms with van der Waals surface area (Å²) < 4.78 is 21.8. The number of phenolic OH excluding ortho intramolecular Hbond substituents is 1. The van der Waals surface area contributed by atoms with Gasteiger partial charge in [-0.1, -0.05) is 36.4 Å². The number of ether oxygens (including phenoxy) is 4. The summed E-state index contributed by atoms with van der Waals surface area (Å²) in [7, 11) is 6.31. The molecule has 3 aromatic carbocycles. The molecule has 3 aromatic rings. The quantitative estimate of drug-likeness (QED) is 0.532. The summed E-state index contributed by atoms with van der Waals surface area (Å²) in [5.41, 5.74) is 4.77. The fourth-order valence-electron chi connectivity index (χ4n) is 3.50. The minimum absolute atomic E-state index is 0.0895. The molecule has 3 rings (SSSR count). The van der Waals surface area contributed by atoms with Crippen LogP contribution in [-0.4, -0.2) is 33.5 Å². The summed E-state index contributed by atoms with van der Waals surface area (Å²) in [6, 6.07) is 19.3. The molecule has 0 unspecified atom stereocenters. The topological polar surface area (TPSA) is 57.2 Å². The van der Waals surface area contributed by atoms with Crippen LogP contribution in [0.25, 0.3) is 11.1 Å². The summed E-state index contributed by atoms with van der Waals surface area (Å²) in [5.74, 6) is 2.21. The van der Waals surface area contributed by atoms with Gasteiger partial charge in [0.15, 0.2) is 23.0 Å². The SMILES string of the molecule is COc1ccc(/C(C)=C(\c2ccccc2)c2cc(OC)c(OC)c(OC)c2)cc1O. The molecule has 0 heterocycles. The van der Waals surface area contributed by atoms with Gasteiger partial charge in [-0.25, -0.2) is 0 Å². The van der Waals surface area contributed by atoms with E-state index in [1.165, 1.54) is 7.11 Å². The van der Waals surface area contributed by atoms with E-state index in [1.54, 1.807) is 33.5 Å². The van der Waals surface area contributed by atoms with Gasteiger partial charge in [-0.3, -0.25) is 0 Å². The molecule has 0 saturated heterocycles. The maximum atomic E-state index is 10.3. The molecule has 0 saturated carbocycles. The van der Waals surface area contributed by atoms with Gasteiger partial charge in [-0.2, -0.15) is 0 Å². The van der Waals surface area contributed by atoms with Gasteiger partial charge in [-0.05, 0) is 59.0 Å². The first kappa shape index (κ1) is 21.1. The van der Waals surface area contributed by atoms with Crippen LogP contribution < -0.4 is 18.9 Å². The lowest BCUT2D eigenvalue weighted by atomic mass is 9.90. The van der Waals surface area contributed by atoms with Gasteiger partial charge in [0.2, 0.25) is 5.75 Å². The molecule has 1 N–H and O–H groups in total. The molecule has 0 bridgehead atoms. The normalized spacial score (nSPS) is 11.5. The second-order valence-corrected chi connectivity index (χ2v) is 6.67. The smallest absolute Gasteiger partial charge is 0.203 e. The highest BCUT2D eigenvalue weighted by Gasteiger charge is 2.18. The van der Waals surface area contributed by atoms with Crippen LogP contribution in [0.2, 0.25) is 0 Å². The van der Waals surface area contributed by atoms with Gasteiger partial charge in [0.1, 0.15) is 0 Å². The molecule has 0 aromatic heterocycles. The largest absolute Gasteiger partial charge is 0.504 e. The van der Waals surface area contributed by atoms with Crippen LogP contribution in [0.15, 0.2) is 60.7 Å². The third-order valence-electron chi connectivity index (χ3n) is 5.00. The van der Waals surface area contributed by atoms with Crippen molar-refractivity contribution >= 4 is 11.1 Å². The van der Waals surface area contributed by atoms with E-state index in [0.717, 1.165) is 27.8 Å². The van der Waals surface area contributed by atoms with Gasteiger partial charge in [0.25, 0.3) is 0 Å². The maximum Gasteiger partial charge on any atom is 0.203 e. The van der Waals surface area contributed by atoms with E-state index in [-0.39, 0.29) is 5.75 Å². The Kier molecular flexibility index (Phi) is 6.52. The van der Waals surface area contributed by atoms with Crippen molar-refractivity contribution in [3.63, 3.8) is 0 Å². The number of allylic oxidation sites excluding steroid dienone is 1. The molecule has 0 aliphatic carbocycles. The van der Waals surface area contributed by atoms with Crippen LogP contribution in [0.1, 0.15) is 23.6 Å². The van der Waals surface area contributed by atoms with Gasteiger partial charge < -0.3 is 24.1 Å². The number of phenols is 1. The van der Waals surface area contributed by atoms with Crippen molar-refractivity contribution < 1.29 is 24.1 Å². The Labute approximate surface area is 177 Å². The van der Waals surface area contributed by atoms with E-state index in [0.29, 0.717) is 23.0 Å². The second kappa shape index (κ2) is 9.27. The Morgan fingerprint density at radius 2 is 1.23 bits per heavy atom. The summed E-state index contributed by atoms with van der Waals surface area (Å²) in [4.78, 5) is 0. The van der Waals surface area contributed by atoms with Crippen LogP contribution in [0, 0.1) is 0 Å². The van der Waals surface area contributed by atoms with Crippen molar-refractivity contribution in [2.45, 2.75) is 6.92 Å². The van der Waals surface area contributed by atoms with E-state index in [1.807, 2.05) is 55.5 Å². The van der Waals surface area contributed by atoms with E-state index in [2.05, 4.69) is 0 Å². The zero-order valence-electron chi connectivity index (χ0n) is 17.9. The van der Waals surface area contributed by atoms with Crippen molar-refractivity contribution in [2.75, 3.05) is 28.4 Å². The Morgan fingerprint density at radius 1 is 0.633 bits per heavy atom. The molecule has 0 aliphatic heterocycles. The predicted octanol–water partition coefficient (Wildman–Crippen LogP) is 5.41. The third kappa shape index (κ3) is 4.06. The number of rotatable bonds is 7. The Balaban J connectivity index is 2.30. The first-order chi connectivity index (χ1) is 14.5. The van der Waals surface area contributed by atoms with Gasteiger partial charge in [0.05, 0.1) is 28.4 Å². The van der Waals surface area contributed by atoms with Crippen LogP contribution >= 0.6 is 0 Å². The van der Waals surface area contributed by atoms with E-state index in [9.17, 15) is 5.11 Å². The average molecular weight is 406 g/mol. The first-order valence-corrected chi connectivity index (χ1v) is 9.48. The molecule has 0 radical (unpaired) electrons. The minimum atomic E-state index is 0.0895. The summed E-state index contributed by atoms with van der Waals surface area (Å²) in [5, 5.41) is 10.3. The molecule has 0 aliphatic rings. The van der Waals surface area contributed by atoms with Crippen molar-refractivity contribution in [2.24, 2.45) is 0 Å².